The second-order valence-electron chi connectivity index (χ2n) is 5.67. The van der Waals surface area contributed by atoms with Crippen LogP contribution in [0.1, 0.15) is 46.0 Å². The van der Waals surface area contributed by atoms with Crippen molar-refractivity contribution in [3.8, 4) is 0 Å². The molecular formula is C14H31N3O2S. The summed E-state index contributed by atoms with van der Waals surface area (Å²) in [6.07, 6.45) is 5.42. The van der Waals surface area contributed by atoms with Gasteiger partial charge < -0.3 is 5.32 Å². The Labute approximate surface area is 124 Å². The van der Waals surface area contributed by atoms with Gasteiger partial charge in [0.15, 0.2) is 0 Å². The molecule has 20 heavy (non-hydrogen) atoms. The zero-order chi connectivity index (χ0) is 14.8. The average molecular weight is 305 g/mol. The van der Waals surface area contributed by atoms with Gasteiger partial charge in [-0.25, -0.2) is 13.1 Å². The zero-order valence-corrected chi connectivity index (χ0v) is 13.8. The molecule has 1 aliphatic rings. The number of piperidine rings is 1. The van der Waals surface area contributed by atoms with Crippen LogP contribution in [0.15, 0.2) is 0 Å². The fourth-order valence-corrected chi connectivity index (χ4v) is 3.75. The number of rotatable bonds is 10. The quantitative estimate of drug-likeness (QED) is 0.595. The summed E-state index contributed by atoms with van der Waals surface area (Å²) < 4.78 is 26.6. The van der Waals surface area contributed by atoms with E-state index in [0.717, 1.165) is 39.0 Å². The third kappa shape index (κ3) is 7.57. The Kier molecular flexibility index (Phi) is 8.68. The predicted molar refractivity (Wildman–Crippen MR) is 84.5 cm³/mol. The third-order valence-electron chi connectivity index (χ3n) is 3.88. The van der Waals surface area contributed by atoms with Crippen molar-refractivity contribution in [2.75, 3.05) is 38.5 Å². The van der Waals surface area contributed by atoms with E-state index >= 15 is 0 Å². The molecule has 1 fully saturated rings. The first-order valence-electron chi connectivity index (χ1n) is 7.97. The Morgan fingerprint density at radius 1 is 1.15 bits per heavy atom. The van der Waals surface area contributed by atoms with Crippen LogP contribution in [0.25, 0.3) is 0 Å². The fraction of sp³-hybridized carbons (Fsp3) is 1.00. The van der Waals surface area contributed by atoms with Crippen LogP contribution < -0.4 is 10.0 Å². The lowest BCUT2D eigenvalue weighted by Crippen LogP contribution is -2.44. The minimum absolute atomic E-state index is 0.241. The van der Waals surface area contributed by atoms with Crippen LogP contribution in [0.2, 0.25) is 0 Å². The van der Waals surface area contributed by atoms with Gasteiger partial charge in [0, 0.05) is 12.6 Å². The first-order chi connectivity index (χ1) is 9.55. The van der Waals surface area contributed by atoms with Crippen molar-refractivity contribution in [1.29, 1.82) is 0 Å². The molecule has 1 aliphatic heterocycles. The summed E-state index contributed by atoms with van der Waals surface area (Å²) in [5.74, 6) is 0.241. The molecule has 0 aliphatic carbocycles. The molecule has 120 valence electrons. The maximum atomic E-state index is 11.9. The molecule has 1 saturated heterocycles. The standard InChI is InChI=1S/C14H31N3O2S/c1-3-15-9-5-8-12-20(18,19)16-13-14(2)17-10-6-4-7-11-17/h14-16H,3-13H2,1-2H3. The van der Waals surface area contributed by atoms with E-state index in [2.05, 4.69) is 28.8 Å². The van der Waals surface area contributed by atoms with Crippen LogP contribution in [0.5, 0.6) is 0 Å². The lowest BCUT2D eigenvalue weighted by Gasteiger charge is -2.32. The van der Waals surface area contributed by atoms with Crippen molar-refractivity contribution in [3.05, 3.63) is 0 Å². The molecule has 2 N–H and O–H groups in total. The highest BCUT2D eigenvalue weighted by molar-refractivity contribution is 7.89. The molecule has 0 aromatic carbocycles. The van der Waals surface area contributed by atoms with Gasteiger partial charge in [-0.05, 0) is 58.8 Å². The zero-order valence-electron chi connectivity index (χ0n) is 13.0. The van der Waals surface area contributed by atoms with Crippen LogP contribution in [-0.4, -0.2) is 57.8 Å². The van der Waals surface area contributed by atoms with E-state index < -0.39 is 10.0 Å². The topological polar surface area (TPSA) is 61.4 Å². The van der Waals surface area contributed by atoms with Crippen LogP contribution in [0, 0.1) is 0 Å². The van der Waals surface area contributed by atoms with Gasteiger partial charge >= 0.3 is 0 Å². The van der Waals surface area contributed by atoms with Crippen LogP contribution >= 0.6 is 0 Å². The molecule has 0 radical (unpaired) electrons. The second-order valence-corrected chi connectivity index (χ2v) is 7.60. The maximum absolute atomic E-state index is 11.9. The maximum Gasteiger partial charge on any atom is 0.211 e. The number of likely N-dealkylation sites (tertiary alicyclic amines) is 1. The molecule has 1 rings (SSSR count). The van der Waals surface area contributed by atoms with E-state index in [-0.39, 0.29) is 5.75 Å². The average Bonchev–Trinajstić information content (AvgIpc) is 2.45. The molecule has 1 atom stereocenters. The highest BCUT2D eigenvalue weighted by atomic mass is 32.2. The molecule has 5 nitrogen and oxygen atoms in total. The Hall–Kier alpha value is -0.170. The van der Waals surface area contributed by atoms with E-state index in [9.17, 15) is 8.42 Å². The van der Waals surface area contributed by atoms with Crippen LogP contribution in [-0.2, 0) is 10.0 Å². The normalized spacial score (nSPS) is 19.1. The minimum Gasteiger partial charge on any atom is -0.317 e. The first kappa shape index (κ1) is 17.9. The van der Waals surface area contributed by atoms with Crippen molar-refractivity contribution in [3.63, 3.8) is 0 Å². The van der Waals surface area contributed by atoms with Crippen molar-refractivity contribution >= 4 is 10.0 Å². The summed E-state index contributed by atoms with van der Waals surface area (Å²) in [6.45, 7) is 8.75. The Morgan fingerprint density at radius 3 is 2.50 bits per heavy atom. The molecule has 6 heteroatoms. The first-order valence-corrected chi connectivity index (χ1v) is 9.62. The van der Waals surface area contributed by atoms with Crippen molar-refractivity contribution in [2.45, 2.75) is 52.0 Å². The number of hydrogen-bond donors (Lipinski definition) is 2. The number of hydrogen-bond acceptors (Lipinski definition) is 4. The second kappa shape index (κ2) is 9.71. The lowest BCUT2D eigenvalue weighted by atomic mass is 10.1. The number of sulfonamides is 1. The SMILES string of the molecule is CCNCCCCS(=O)(=O)NCC(C)N1CCCCC1. The Bertz CT molecular complexity index is 340. The van der Waals surface area contributed by atoms with E-state index in [1.54, 1.807) is 0 Å². The van der Waals surface area contributed by atoms with Gasteiger partial charge in [-0.3, -0.25) is 4.90 Å². The van der Waals surface area contributed by atoms with E-state index in [4.69, 9.17) is 0 Å². The van der Waals surface area contributed by atoms with Gasteiger partial charge in [-0.2, -0.15) is 0 Å². The van der Waals surface area contributed by atoms with Crippen LogP contribution in [0.3, 0.4) is 0 Å². The van der Waals surface area contributed by atoms with Gasteiger partial charge in [0.1, 0.15) is 0 Å². The largest absolute Gasteiger partial charge is 0.317 e. The summed E-state index contributed by atoms with van der Waals surface area (Å²) >= 11 is 0. The van der Waals surface area contributed by atoms with Gasteiger partial charge in [-0.15, -0.1) is 0 Å². The van der Waals surface area contributed by atoms with E-state index in [1.165, 1.54) is 19.3 Å². The third-order valence-corrected chi connectivity index (χ3v) is 5.31. The molecule has 0 saturated carbocycles. The Morgan fingerprint density at radius 2 is 1.85 bits per heavy atom. The number of unbranched alkanes of at least 4 members (excludes halogenated alkanes) is 1. The number of nitrogens with one attached hydrogen (secondary N) is 2. The summed E-state index contributed by atoms with van der Waals surface area (Å²) in [5, 5.41) is 3.21. The van der Waals surface area contributed by atoms with Gasteiger partial charge in [0.25, 0.3) is 0 Å². The summed E-state index contributed by atoms with van der Waals surface area (Å²) in [4.78, 5) is 2.39. The monoisotopic (exact) mass is 305 g/mol. The summed E-state index contributed by atoms with van der Waals surface area (Å²) in [6, 6.07) is 0.298. The minimum atomic E-state index is -3.11. The van der Waals surface area contributed by atoms with Crippen LogP contribution in [0.4, 0.5) is 0 Å². The molecule has 0 bridgehead atoms. The van der Waals surface area contributed by atoms with Gasteiger partial charge in [-0.1, -0.05) is 13.3 Å². The van der Waals surface area contributed by atoms with E-state index in [0.29, 0.717) is 12.6 Å². The smallest absolute Gasteiger partial charge is 0.211 e. The van der Waals surface area contributed by atoms with Crippen molar-refractivity contribution in [1.82, 2.24) is 14.9 Å². The molecule has 1 heterocycles. The molecular weight excluding hydrogens is 274 g/mol. The number of nitrogens with zero attached hydrogens (tertiary/aromatic N) is 1. The lowest BCUT2D eigenvalue weighted by molar-refractivity contribution is 0.175. The molecule has 0 aromatic rings. The molecule has 0 aromatic heterocycles. The van der Waals surface area contributed by atoms with Crippen molar-refractivity contribution in [2.24, 2.45) is 0 Å². The molecule has 0 amide bonds. The summed E-state index contributed by atoms with van der Waals surface area (Å²) in [7, 11) is -3.11. The highest BCUT2D eigenvalue weighted by Crippen LogP contribution is 2.11. The predicted octanol–water partition coefficient (Wildman–Crippen LogP) is 1.17. The van der Waals surface area contributed by atoms with Gasteiger partial charge in [0.2, 0.25) is 10.0 Å². The Balaban J connectivity index is 2.17. The summed E-state index contributed by atoms with van der Waals surface area (Å²) in [5.41, 5.74) is 0. The van der Waals surface area contributed by atoms with Gasteiger partial charge in [0.05, 0.1) is 5.75 Å². The van der Waals surface area contributed by atoms with E-state index in [1.807, 2.05) is 0 Å². The van der Waals surface area contributed by atoms with Crippen molar-refractivity contribution < 1.29 is 8.42 Å². The molecule has 1 unspecified atom stereocenters. The highest BCUT2D eigenvalue weighted by Gasteiger charge is 2.18. The fourth-order valence-electron chi connectivity index (χ4n) is 2.53. The molecule has 0 spiro atoms.